The van der Waals surface area contributed by atoms with Crippen LogP contribution in [0.4, 0.5) is 20.6 Å². The quantitative estimate of drug-likeness (QED) is 0.899. The first kappa shape index (κ1) is 16.1. The van der Waals surface area contributed by atoms with Crippen LogP contribution in [0, 0.1) is 5.82 Å². The summed E-state index contributed by atoms with van der Waals surface area (Å²) >= 11 is 0. The fourth-order valence-electron chi connectivity index (χ4n) is 3.22. The summed E-state index contributed by atoms with van der Waals surface area (Å²) in [5.74, 6) is -0.416. The molecule has 0 radical (unpaired) electrons. The number of benzene rings is 1. The van der Waals surface area contributed by atoms with Crippen molar-refractivity contribution < 1.29 is 13.9 Å². The summed E-state index contributed by atoms with van der Waals surface area (Å²) < 4.78 is 19.3. The maximum absolute atomic E-state index is 14.0. The molecule has 1 aliphatic heterocycles. The second-order valence-electron chi connectivity index (χ2n) is 6.20. The normalized spacial score (nSPS) is 19.4. The number of rotatable bonds is 3. The Hall–Kier alpha value is -1.82. The van der Waals surface area contributed by atoms with Gasteiger partial charge in [-0.15, -0.1) is 0 Å². The Morgan fingerprint density at radius 2 is 1.91 bits per heavy atom. The van der Waals surface area contributed by atoms with E-state index in [1.807, 2.05) is 0 Å². The Balaban J connectivity index is 1.62. The van der Waals surface area contributed by atoms with E-state index in [4.69, 9.17) is 4.74 Å². The largest absolute Gasteiger partial charge is 0.378 e. The zero-order valence-corrected chi connectivity index (χ0v) is 13.3. The molecule has 0 bridgehead atoms. The number of hydrogen-bond acceptors (Lipinski definition) is 3. The summed E-state index contributed by atoms with van der Waals surface area (Å²) in [6.07, 6.45) is 5.53. The second-order valence-corrected chi connectivity index (χ2v) is 6.20. The van der Waals surface area contributed by atoms with Gasteiger partial charge in [-0.3, -0.25) is 0 Å². The molecule has 2 fully saturated rings. The molecule has 1 aromatic carbocycles. The van der Waals surface area contributed by atoms with Gasteiger partial charge in [-0.25, -0.2) is 9.18 Å². The maximum atomic E-state index is 14.0. The predicted octanol–water partition coefficient (Wildman–Crippen LogP) is 3.12. The first-order valence-corrected chi connectivity index (χ1v) is 8.42. The average molecular weight is 321 g/mol. The Bertz CT molecular complexity index is 541. The second kappa shape index (κ2) is 7.64. The highest BCUT2D eigenvalue weighted by molar-refractivity contribution is 5.90. The van der Waals surface area contributed by atoms with E-state index in [1.165, 1.54) is 12.5 Å². The van der Waals surface area contributed by atoms with Crippen LogP contribution < -0.4 is 15.5 Å². The third kappa shape index (κ3) is 4.34. The molecular formula is C17H24FN3O2. The number of amides is 2. The number of nitrogens with zero attached hydrogens (tertiary/aromatic N) is 1. The van der Waals surface area contributed by atoms with Crippen LogP contribution in [0.3, 0.4) is 0 Å². The molecule has 1 saturated carbocycles. The Kier molecular flexibility index (Phi) is 5.33. The van der Waals surface area contributed by atoms with E-state index in [9.17, 15) is 9.18 Å². The fourth-order valence-corrected chi connectivity index (χ4v) is 3.22. The van der Waals surface area contributed by atoms with Gasteiger partial charge in [0.05, 0.1) is 18.9 Å². The first-order valence-electron chi connectivity index (χ1n) is 8.42. The third-order valence-corrected chi connectivity index (χ3v) is 4.51. The first-order chi connectivity index (χ1) is 11.2. The monoisotopic (exact) mass is 321 g/mol. The lowest BCUT2D eigenvalue weighted by atomic mass is 9.96. The number of carbonyl (C=O) groups is 1. The van der Waals surface area contributed by atoms with Crippen LogP contribution in [0.25, 0.3) is 0 Å². The molecule has 2 N–H and O–H groups in total. The van der Waals surface area contributed by atoms with E-state index in [0.29, 0.717) is 13.2 Å². The lowest BCUT2D eigenvalue weighted by Crippen LogP contribution is -2.39. The van der Waals surface area contributed by atoms with E-state index in [2.05, 4.69) is 15.5 Å². The average Bonchev–Trinajstić information content (AvgIpc) is 2.58. The van der Waals surface area contributed by atoms with Gasteiger partial charge in [-0.2, -0.15) is 0 Å². The van der Waals surface area contributed by atoms with E-state index < -0.39 is 5.82 Å². The van der Waals surface area contributed by atoms with Crippen LogP contribution in [-0.4, -0.2) is 38.4 Å². The van der Waals surface area contributed by atoms with Gasteiger partial charge < -0.3 is 20.3 Å². The van der Waals surface area contributed by atoms with Crippen LogP contribution in [0.5, 0.6) is 0 Å². The fraction of sp³-hybridized carbons (Fsp3) is 0.588. The molecule has 0 unspecified atom stereocenters. The van der Waals surface area contributed by atoms with Crippen molar-refractivity contribution in [2.75, 3.05) is 36.5 Å². The van der Waals surface area contributed by atoms with Gasteiger partial charge in [-0.1, -0.05) is 19.3 Å². The van der Waals surface area contributed by atoms with Crippen LogP contribution >= 0.6 is 0 Å². The summed E-state index contributed by atoms with van der Waals surface area (Å²) in [5, 5.41) is 5.60. The van der Waals surface area contributed by atoms with E-state index in [-0.39, 0.29) is 17.8 Å². The van der Waals surface area contributed by atoms with Crippen molar-refractivity contribution in [3.63, 3.8) is 0 Å². The molecule has 1 heterocycles. The molecule has 1 aromatic rings. The Labute approximate surface area is 136 Å². The number of urea groups is 1. The van der Waals surface area contributed by atoms with Crippen LogP contribution in [-0.2, 0) is 4.74 Å². The molecule has 0 atom stereocenters. The molecule has 126 valence electrons. The van der Waals surface area contributed by atoms with Crippen molar-refractivity contribution >= 4 is 17.4 Å². The molecule has 3 rings (SSSR count). The minimum absolute atomic E-state index is 0.203. The van der Waals surface area contributed by atoms with Gasteiger partial charge in [0.1, 0.15) is 5.82 Å². The molecule has 23 heavy (non-hydrogen) atoms. The minimum atomic E-state index is -0.416. The van der Waals surface area contributed by atoms with Gasteiger partial charge in [0.25, 0.3) is 0 Å². The topological polar surface area (TPSA) is 53.6 Å². The molecule has 2 amide bonds. The van der Waals surface area contributed by atoms with Crippen LogP contribution in [0.2, 0.25) is 0 Å². The van der Waals surface area contributed by atoms with Gasteiger partial charge >= 0.3 is 6.03 Å². The summed E-state index contributed by atoms with van der Waals surface area (Å²) in [6, 6.07) is 4.72. The number of ether oxygens (including phenoxy) is 1. The zero-order valence-electron chi connectivity index (χ0n) is 13.3. The maximum Gasteiger partial charge on any atom is 0.319 e. The van der Waals surface area contributed by atoms with Crippen molar-refractivity contribution in [3.8, 4) is 0 Å². The van der Waals surface area contributed by atoms with E-state index in [1.54, 1.807) is 12.1 Å². The molecule has 5 nitrogen and oxygen atoms in total. The highest BCUT2D eigenvalue weighted by Crippen LogP contribution is 2.24. The molecule has 0 aromatic heterocycles. The van der Waals surface area contributed by atoms with Crippen molar-refractivity contribution in [2.45, 2.75) is 38.1 Å². The van der Waals surface area contributed by atoms with Crippen molar-refractivity contribution in [1.82, 2.24) is 5.32 Å². The molecule has 1 aliphatic carbocycles. The highest BCUT2D eigenvalue weighted by Gasteiger charge is 2.18. The van der Waals surface area contributed by atoms with Crippen molar-refractivity contribution in [3.05, 3.63) is 24.0 Å². The number of carbonyl (C=O) groups excluding carboxylic acids is 1. The van der Waals surface area contributed by atoms with Crippen LogP contribution in [0.15, 0.2) is 18.2 Å². The summed E-state index contributed by atoms with van der Waals surface area (Å²) in [4.78, 5) is 14.2. The third-order valence-electron chi connectivity index (χ3n) is 4.51. The van der Waals surface area contributed by atoms with Crippen molar-refractivity contribution in [2.24, 2.45) is 0 Å². The predicted molar refractivity (Wildman–Crippen MR) is 88.5 cm³/mol. The number of halogens is 1. The number of morpholine rings is 1. The van der Waals surface area contributed by atoms with Crippen molar-refractivity contribution in [1.29, 1.82) is 0 Å². The molecule has 0 spiro atoms. The standard InChI is InChI=1S/C17H24FN3O2/c18-15-7-6-14(21-8-10-23-11-9-21)12-16(15)20-17(22)19-13-4-2-1-3-5-13/h6-7,12-13H,1-5,8-11H2,(H2,19,20,22). The number of nitrogens with one attached hydrogen (secondary N) is 2. The van der Waals surface area contributed by atoms with Gasteiger partial charge in [0.2, 0.25) is 0 Å². The smallest absolute Gasteiger partial charge is 0.319 e. The number of hydrogen-bond donors (Lipinski definition) is 2. The zero-order chi connectivity index (χ0) is 16.1. The lowest BCUT2D eigenvalue weighted by molar-refractivity contribution is 0.122. The highest BCUT2D eigenvalue weighted by atomic mass is 19.1. The molecule has 1 saturated heterocycles. The van der Waals surface area contributed by atoms with E-state index >= 15 is 0 Å². The lowest BCUT2D eigenvalue weighted by Gasteiger charge is -2.29. The van der Waals surface area contributed by atoms with Gasteiger partial charge in [0, 0.05) is 24.8 Å². The summed E-state index contributed by atoms with van der Waals surface area (Å²) in [6.45, 7) is 2.89. The number of anilines is 2. The SMILES string of the molecule is O=C(Nc1cc(N2CCOCC2)ccc1F)NC1CCCCC1. The minimum Gasteiger partial charge on any atom is -0.378 e. The molecular weight excluding hydrogens is 297 g/mol. The molecule has 6 heteroatoms. The summed E-state index contributed by atoms with van der Waals surface area (Å²) in [7, 11) is 0. The van der Waals surface area contributed by atoms with Gasteiger partial charge in [-0.05, 0) is 31.0 Å². The summed E-state index contributed by atoms with van der Waals surface area (Å²) in [5.41, 5.74) is 1.13. The molecule has 2 aliphatic rings. The Morgan fingerprint density at radius 1 is 1.17 bits per heavy atom. The van der Waals surface area contributed by atoms with Gasteiger partial charge in [0.15, 0.2) is 0 Å². The Morgan fingerprint density at radius 3 is 2.65 bits per heavy atom. The van der Waals surface area contributed by atoms with Crippen LogP contribution in [0.1, 0.15) is 32.1 Å². The van der Waals surface area contributed by atoms with E-state index in [0.717, 1.165) is 44.5 Å².